The monoisotopic (exact) mass is 392 g/mol. The summed E-state index contributed by atoms with van der Waals surface area (Å²) in [6.07, 6.45) is 1.50. The molecule has 0 heterocycles. The fraction of sp³-hybridized carbons (Fsp3) is 0.176. The molecule has 0 bridgehead atoms. The zero-order valence-corrected chi connectivity index (χ0v) is 15.1. The number of benzene rings is 2. The van der Waals surface area contributed by atoms with Gasteiger partial charge in [-0.25, -0.2) is 5.43 Å². The van der Waals surface area contributed by atoms with Gasteiger partial charge < -0.3 is 14.2 Å². The molecule has 126 valence electrons. The van der Waals surface area contributed by atoms with Gasteiger partial charge in [0, 0.05) is 11.1 Å². The van der Waals surface area contributed by atoms with E-state index >= 15 is 0 Å². The number of hydrogen-bond acceptors (Lipinski definition) is 5. The fourth-order valence-electron chi connectivity index (χ4n) is 2.05. The average molecular weight is 393 g/mol. The lowest BCUT2D eigenvalue weighted by Gasteiger charge is -2.09. The molecule has 0 saturated carbocycles. The Kier molecular flexibility index (Phi) is 6.20. The molecule has 0 aliphatic heterocycles. The van der Waals surface area contributed by atoms with Crippen LogP contribution >= 0.6 is 15.9 Å². The Bertz CT molecular complexity index is 762. The number of halogens is 1. The van der Waals surface area contributed by atoms with Crippen molar-refractivity contribution in [2.45, 2.75) is 0 Å². The van der Waals surface area contributed by atoms with Crippen LogP contribution in [0.1, 0.15) is 15.9 Å². The molecule has 0 aliphatic carbocycles. The molecular formula is C17H17BrN2O4. The maximum atomic E-state index is 12.1. The molecule has 0 spiro atoms. The number of methoxy groups -OCH3 is 3. The predicted molar refractivity (Wildman–Crippen MR) is 95.3 cm³/mol. The van der Waals surface area contributed by atoms with E-state index in [-0.39, 0.29) is 5.91 Å². The summed E-state index contributed by atoms with van der Waals surface area (Å²) in [5.74, 6) is 1.45. The normalized spacial score (nSPS) is 10.5. The van der Waals surface area contributed by atoms with Gasteiger partial charge >= 0.3 is 0 Å². The minimum atomic E-state index is -0.337. The third-order valence-electron chi connectivity index (χ3n) is 3.22. The Morgan fingerprint density at radius 2 is 1.83 bits per heavy atom. The van der Waals surface area contributed by atoms with Crippen LogP contribution in [0.2, 0.25) is 0 Å². The first-order valence-electron chi connectivity index (χ1n) is 6.98. The number of ether oxygens (including phenoxy) is 3. The second-order valence-corrected chi connectivity index (χ2v) is 5.49. The first kappa shape index (κ1) is 17.8. The maximum absolute atomic E-state index is 12.1. The average Bonchev–Trinajstić information content (AvgIpc) is 2.61. The van der Waals surface area contributed by atoms with Gasteiger partial charge in [-0.2, -0.15) is 5.10 Å². The van der Waals surface area contributed by atoms with E-state index in [1.165, 1.54) is 6.21 Å². The van der Waals surface area contributed by atoms with E-state index in [9.17, 15) is 4.79 Å². The van der Waals surface area contributed by atoms with Crippen LogP contribution in [-0.2, 0) is 0 Å². The number of carbonyl (C=O) groups is 1. The van der Waals surface area contributed by atoms with Gasteiger partial charge in [-0.05, 0) is 46.3 Å². The molecule has 0 aromatic heterocycles. The van der Waals surface area contributed by atoms with Gasteiger partial charge in [0.1, 0.15) is 5.75 Å². The number of amides is 1. The topological polar surface area (TPSA) is 69.2 Å². The van der Waals surface area contributed by atoms with E-state index in [1.807, 2.05) is 6.07 Å². The van der Waals surface area contributed by atoms with Crippen LogP contribution in [0.25, 0.3) is 0 Å². The first-order chi connectivity index (χ1) is 11.6. The molecule has 7 heteroatoms. The molecule has 0 aliphatic rings. The Labute approximate surface area is 148 Å². The van der Waals surface area contributed by atoms with Crippen LogP contribution in [0.3, 0.4) is 0 Å². The quantitative estimate of drug-likeness (QED) is 0.605. The van der Waals surface area contributed by atoms with E-state index in [2.05, 4.69) is 26.5 Å². The Morgan fingerprint density at radius 1 is 1.08 bits per heavy atom. The van der Waals surface area contributed by atoms with E-state index in [0.717, 1.165) is 0 Å². The van der Waals surface area contributed by atoms with E-state index in [0.29, 0.717) is 32.8 Å². The highest BCUT2D eigenvalue weighted by atomic mass is 79.9. The van der Waals surface area contributed by atoms with Gasteiger partial charge in [0.15, 0.2) is 11.5 Å². The zero-order chi connectivity index (χ0) is 17.5. The highest BCUT2D eigenvalue weighted by Gasteiger charge is 2.09. The third-order valence-corrected chi connectivity index (χ3v) is 3.84. The van der Waals surface area contributed by atoms with Gasteiger partial charge in [0.05, 0.1) is 32.0 Å². The van der Waals surface area contributed by atoms with Crippen LogP contribution in [0, 0.1) is 0 Å². The van der Waals surface area contributed by atoms with Crippen LogP contribution in [0.15, 0.2) is 46.0 Å². The summed E-state index contributed by atoms with van der Waals surface area (Å²) in [6, 6.07) is 10.4. The highest BCUT2D eigenvalue weighted by Crippen LogP contribution is 2.29. The lowest BCUT2D eigenvalue weighted by Crippen LogP contribution is -2.17. The van der Waals surface area contributed by atoms with Gasteiger partial charge in [0.25, 0.3) is 5.91 Å². The van der Waals surface area contributed by atoms with Crippen molar-refractivity contribution in [2.75, 3.05) is 21.3 Å². The van der Waals surface area contributed by atoms with Crippen molar-refractivity contribution < 1.29 is 19.0 Å². The lowest BCUT2D eigenvalue weighted by molar-refractivity contribution is 0.0955. The summed E-state index contributed by atoms with van der Waals surface area (Å²) >= 11 is 3.34. The smallest absolute Gasteiger partial charge is 0.271 e. The minimum Gasteiger partial charge on any atom is -0.496 e. The van der Waals surface area contributed by atoms with E-state index in [4.69, 9.17) is 14.2 Å². The Morgan fingerprint density at radius 3 is 2.46 bits per heavy atom. The molecule has 6 nitrogen and oxygen atoms in total. The molecule has 0 saturated heterocycles. The molecule has 0 radical (unpaired) electrons. The van der Waals surface area contributed by atoms with Crippen molar-refractivity contribution in [3.63, 3.8) is 0 Å². The van der Waals surface area contributed by atoms with Crippen molar-refractivity contribution in [2.24, 2.45) is 5.10 Å². The minimum absolute atomic E-state index is 0.337. The second-order valence-electron chi connectivity index (χ2n) is 4.63. The highest BCUT2D eigenvalue weighted by molar-refractivity contribution is 9.10. The summed E-state index contributed by atoms with van der Waals surface area (Å²) < 4.78 is 16.3. The standard InChI is InChI=1S/C17H17BrN2O4/c1-22-14-8-7-11(9-13(14)18)17(21)20-19-10-12-5-4-6-15(23-2)16(12)24-3/h4-10H,1-3H3,(H,20,21). The number of nitrogens with one attached hydrogen (secondary N) is 1. The molecule has 2 rings (SSSR count). The van der Waals surface area contributed by atoms with Gasteiger partial charge in [0.2, 0.25) is 0 Å². The van der Waals surface area contributed by atoms with Gasteiger partial charge in [-0.3, -0.25) is 4.79 Å². The Hall–Kier alpha value is -2.54. The maximum Gasteiger partial charge on any atom is 0.271 e. The van der Waals surface area contributed by atoms with E-state index in [1.54, 1.807) is 51.7 Å². The number of nitrogens with zero attached hydrogens (tertiary/aromatic N) is 1. The largest absolute Gasteiger partial charge is 0.496 e. The van der Waals surface area contributed by atoms with Crippen LogP contribution in [-0.4, -0.2) is 33.5 Å². The molecular weight excluding hydrogens is 376 g/mol. The number of hydrazone groups is 1. The van der Waals surface area contributed by atoms with Crippen molar-refractivity contribution in [1.29, 1.82) is 0 Å². The predicted octanol–water partition coefficient (Wildman–Crippen LogP) is 3.24. The molecule has 0 fully saturated rings. The number of carbonyl (C=O) groups excluding carboxylic acids is 1. The fourth-order valence-corrected chi connectivity index (χ4v) is 2.59. The zero-order valence-electron chi connectivity index (χ0n) is 13.5. The summed E-state index contributed by atoms with van der Waals surface area (Å²) in [5.41, 5.74) is 3.62. The summed E-state index contributed by atoms with van der Waals surface area (Å²) in [4.78, 5) is 12.1. The summed E-state index contributed by atoms with van der Waals surface area (Å²) in [5, 5.41) is 3.97. The molecule has 24 heavy (non-hydrogen) atoms. The first-order valence-corrected chi connectivity index (χ1v) is 7.78. The lowest BCUT2D eigenvalue weighted by atomic mass is 10.2. The van der Waals surface area contributed by atoms with Crippen molar-refractivity contribution in [1.82, 2.24) is 5.43 Å². The van der Waals surface area contributed by atoms with Crippen LogP contribution < -0.4 is 19.6 Å². The molecule has 0 atom stereocenters. The molecule has 2 aromatic rings. The summed E-state index contributed by atoms with van der Waals surface area (Å²) in [7, 11) is 4.66. The second kappa shape index (κ2) is 8.35. The van der Waals surface area contributed by atoms with Crippen molar-refractivity contribution in [3.8, 4) is 17.2 Å². The number of para-hydroxylation sites is 1. The van der Waals surface area contributed by atoms with Crippen LogP contribution in [0.5, 0.6) is 17.2 Å². The Balaban J connectivity index is 2.12. The molecule has 1 N–H and O–H groups in total. The molecule has 1 amide bonds. The van der Waals surface area contributed by atoms with Crippen molar-refractivity contribution in [3.05, 3.63) is 52.0 Å². The van der Waals surface area contributed by atoms with Gasteiger partial charge in [-0.1, -0.05) is 6.07 Å². The molecule has 2 aromatic carbocycles. The SMILES string of the molecule is COc1ccc(C(=O)NN=Cc2cccc(OC)c2OC)cc1Br. The van der Waals surface area contributed by atoms with E-state index < -0.39 is 0 Å². The van der Waals surface area contributed by atoms with Crippen LogP contribution in [0.4, 0.5) is 0 Å². The number of hydrogen-bond donors (Lipinski definition) is 1. The van der Waals surface area contributed by atoms with Gasteiger partial charge in [-0.15, -0.1) is 0 Å². The number of rotatable bonds is 6. The van der Waals surface area contributed by atoms with Crippen molar-refractivity contribution >= 4 is 28.1 Å². The third kappa shape index (κ3) is 4.05. The summed E-state index contributed by atoms with van der Waals surface area (Å²) in [6.45, 7) is 0. The molecule has 0 unspecified atom stereocenters.